The van der Waals surface area contributed by atoms with Crippen LogP contribution in [0.4, 0.5) is 11.8 Å². The molecule has 8 nitrogen and oxygen atoms in total. The lowest BCUT2D eigenvalue weighted by Gasteiger charge is -2.12. The molecule has 2 heterocycles. The van der Waals surface area contributed by atoms with E-state index in [0.717, 1.165) is 22.3 Å². The minimum Gasteiger partial charge on any atom is -0.368 e. The van der Waals surface area contributed by atoms with Crippen molar-refractivity contribution in [1.29, 1.82) is 0 Å². The molecule has 4 aromatic rings. The number of rotatable bonds is 6. The SMILES string of the molecule is Clc1ccc(-c2nc(NCCNc3nn[nH]n3)c3ccccc3n2)c(Cl)c1. The van der Waals surface area contributed by atoms with Gasteiger partial charge < -0.3 is 10.6 Å². The van der Waals surface area contributed by atoms with Crippen LogP contribution in [0.15, 0.2) is 42.5 Å². The van der Waals surface area contributed by atoms with Crippen molar-refractivity contribution in [1.82, 2.24) is 30.6 Å². The Morgan fingerprint density at radius 1 is 0.963 bits per heavy atom. The summed E-state index contributed by atoms with van der Waals surface area (Å²) in [5.74, 6) is 1.69. The number of aromatic amines is 1. The van der Waals surface area contributed by atoms with E-state index in [-0.39, 0.29) is 0 Å². The summed E-state index contributed by atoms with van der Waals surface area (Å²) in [6.07, 6.45) is 0. The molecule has 0 unspecified atom stereocenters. The topological polar surface area (TPSA) is 104 Å². The van der Waals surface area contributed by atoms with Crippen LogP contribution in [0.25, 0.3) is 22.3 Å². The zero-order valence-corrected chi connectivity index (χ0v) is 15.5. The van der Waals surface area contributed by atoms with Crippen molar-refractivity contribution in [3.8, 4) is 11.4 Å². The van der Waals surface area contributed by atoms with Crippen molar-refractivity contribution in [2.45, 2.75) is 0 Å². The van der Waals surface area contributed by atoms with Crippen LogP contribution in [0, 0.1) is 0 Å². The number of H-pyrrole nitrogens is 1. The number of hydrogen-bond acceptors (Lipinski definition) is 7. The molecule has 3 N–H and O–H groups in total. The highest BCUT2D eigenvalue weighted by molar-refractivity contribution is 6.36. The molecule has 2 aromatic carbocycles. The van der Waals surface area contributed by atoms with E-state index >= 15 is 0 Å². The summed E-state index contributed by atoms with van der Waals surface area (Å²) in [6, 6.07) is 13.1. The van der Waals surface area contributed by atoms with Gasteiger partial charge >= 0.3 is 0 Å². The van der Waals surface area contributed by atoms with Crippen LogP contribution in [0.1, 0.15) is 0 Å². The molecule has 0 spiro atoms. The van der Waals surface area contributed by atoms with Crippen LogP contribution in [0.5, 0.6) is 0 Å². The highest BCUT2D eigenvalue weighted by Gasteiger charge is 2.12. The number of anilines is 2. The van der Waals surface area contributed by atoms with Crippen molar-refractivity contribution in [2.75, 3.05) is 23.7 Å². The summed E-state index contributed by atoms with van der Waals surface area (Å²) in [5.41, 5.74) is 1.54. The first-order valence-electron chi connectivity index (χ1n) is 8.14. The summed E-state index contributed by atoms with van der Waals surface area (Å²) in [7, 11) is 0. The molecule has 2 aromatic heterocycles. The van der Waals surface area contributed by atoms with Gasteiger partial charge in [0.25, 0.3) is 5.95 Å². The molecular weight excluding hydrogens is 387 g/mol. The third kappa shape index (κ3) is 3.91. The fraction of sp³-hybridized carbons (Fsp3) is 0.118. The number of tetrazole rings is 1. The summed E-state index contributed by atoms with van der Waals surface area (Å²) < 4.78 is 0. The highest BCUT2D eigenvalue weighted by atomic mass is 35.5. The van der Waals surface area contributed by atoms with Gasteiger partial charge in [-0.05, 0) is 35.5 Å². The van der Waals surface area contributed by atoms with Gasteiger partial charge in [-0.3, -0.25) is 0 Å². The minimum atomic E-state index is 0.443. The van der Waals surface area contributed by atoms with Crippen LogP contribution in [-0.2, 0) is 0 Å². The molecular formula is C17H14Cl2N8. The van der Waals surface area contributed by atoms with Crippen molar-refractivity contribution in [3.05, 3.63) is 52.5 Å². The van der Waals surface area contributed by atoms with Gasteiger partial charge in [0.1, 0.15) is 5.82 Å². The number of nitrogens with one attached hydrogen (secondary N) is 3. The molecule has 27 heavy (non-hydrogen) atoms. The molecule has 4 rings (SSSR count). The number of halogens is 2. The number of fused-ring (bicyclic) bond motifs is 1. The summed E-state index contributed by atoms with van der Waals surface area (Å²) >= 11 is 12.3. The van der Waals surface area contributed by atoms with Gasteiger partial charge in [0.05, 0.1) is 10.5 Å². The molecule has 0 saturated heterocycles. The minimum absolute atomic E-state index is 0.443. The van der Waals surface area contributed by atoms with Crippen molar-refractivity contribution >= 4 is 45.9 Å². The number of benzene rings is 2. The van der Waals surface area contributed by atoms with E-state index in [2.05, 4.69) is 41.2 Å². The van der Waals surface area contributed by atoms with Crippen molar-refractivity contribution < 1.29 is 0 Å². The Labute approximate surface area is 164 Å². The molecule has 0 aliphatic carbocycles. The molecule has 0 aliphatic heterocycles. The smallest absolute Gasteiger partial charge is 0.263 e. The third-order valence-corrected chi connectivity index (χ3v) is 4.37. The number of para-hydroxylation sites is 1. The van der Waals surface area contributed by atoms with Crippen molar-refractivity contribution in [2.24, 2.45) is 0 Å². The average Bonchev–Trinajstić information content (AvgIpc) is 3.18. The van der Waals surface area contributed by atoms with Gasteiger partial charge in [0, 0.05) is 29.1 Å². The highest BCUT2D eigenvalue weighted by Crippen LogP contribution is 2.31. The van der Waals surface area contributed by atoms with Gasteiger partial charge in [-0.1, -0.05) is 40.4 Å². The molecule has 136 valence electrons. The molecule has 0 aliphatic rings. The first kappa shape index (κ1) is 17.4. The second-order valence-electron chi connectivity index (χ2n) is 5.63. The molecule has 10 heteroatoms. The second-order valence-corrected chi connectivity index (χ2v) is 6.47. The lowest BCUT2D eigenvalue weighted by Crippen LogP contribution is -2.15. The standard InChI is InChI=1S/C17H14Cl2N8/c18-10-5-6-11(13(19)9-10)16-22-14-4-2-1-3-12(14)15(23-16)20-7-8-21-17-24-26-27-25-17/h1-6,9H,7-8H2,(H,20,22,23)(H2,21,24,25,26,27). The van der Waals surface area contributed by atoms with Gasteiger partial charge in [0.15, 0.2) is 5.82 Å². The molecule has 0 saturated carbocycles. The van der Waals surface area contributed by atoms with E-state index in [1.807, 2.05) is 30.3 Å². The summed E-state index contributed by atoms with van der Waals surface area (Å²) in [6.45, 7) is 1.19. The van der Waals surface area contributed by atoms with Gasteiger partial charge in [-0.25, -0.2) is 9.97 Å². The number of aromatic nitrogens is 6. The summed E-state index contributed by atoms with van der Waals surface area (Å²) in [4.78, 5) is 9.31. The molecule has 0 amide bonds. The molecule has 0 atom stereocenters. The number of hydrogen-bond donors (Lipinski definition) is 3. The predicted octanol–water partition coefficient (Wildman–Crippen LogP) is 3.64. The predicted molar refractivity (Wildman–Crippen MR) is 106 cm³/mol. The Balaban J connectivity index is 1.62. The Hall–Kier alpha value is -2.97. The third-order valence-electron chi connectivity index (χ3n) is 3.82. The quantitative estimate of drug-likeness (QED) is 0.424. The zero-order chi connectivity index (χ0) is 18.6. The average molecular weight is 401 g/mol. The Morgan fingerprint density at radius 2 is 1.81 bits per heavy atom. The fourth-order valence-electron chi connectivity index (χ4n) is 2.59. The van der Waals surface area contributed by atoms with E-state index in [0.29, 0.717) is 34.9 Å². The van der Waals surface area contributed by atoms with E-state index in [4.69, 9.17) is 23.2 Å². The van der Waals surface area contributed by atoms with Crippen LogP contribution < -0.4 is 10.6 Å². The fourth-order valence-corrected chi connectivity index (χ4v) is 3.09. The normalized spacial score (nSPS) is 10.9. The first-order valence-corrected chi connectivity index (χ1v) is 8.90. The van der Waals surface area contributed by atoms with Crippen LogP contribution in [0.2, 0.25) is 10.0 Å². The Kier molecular flexibility index (Phi) is 4.99. The lowest BCUT2D eigenvalue weighted by molar-refractivity contribution is 0.881. The Morgan fingerprint density at radius 3 is 2.63 bits per heavy atom. The summed E-state index contributed by atoms with van der Waals surface area (Å²) in [5, 5.41) is 21.9. The van der Waals surface area contributed by atoms with Crippen LogP contribution in [-0.4, -0.2) is 43.7 Å². The van der Waals surface area contributed by atoms with E-state index < -0.39 is 0 Å². The van der Waals surface area contributed by atoms with Gasteiger partial charge in [-0.2, -0.15) is 5.21 Å². The molecule has 0 fully saturated rings. The monoisotopic (exact) mass is 400 g/mol. The lowest BCUT2D eigenvalue weighted by atomic mass is 10.2. The van der Waals surface area contributed by atoms with E-state index in [9.17, 15) is 0 Å². The second kappa shape index (κ2) is 7.73. The maximum absolute atomic E-state index is 6.33. The zero-order valence-electron chi connectivity index (χ0n) is 13.9. The molecule has 0 radical (unpaired) electrons. The Bertz CT molecular complexity index is 1070. The van der Waals surface area contributed by atoms with Crippen LogP contribution in [0.3, 0.4) is 0 Å². The van der Waals surface area contributed by atoms with Gasteiger partial charge in [-0.15, -0.1) is 5.10 Å². The van der Waals surface area contributed by atoms with E-state index in [1.54, 1.807) is 12.1 Å². The largest absolute Gasteiger partial charge is 0.368 e. The van der Waals surface area contributed by atoms with Crippen molar-refractivity contribution in [3.63, 3.8) is 0 Å². The first-order chi connectivity index (χ1) is 13.2. The molecule has 0 bridgehead atoms. The number of nitrogens with zero attached hydrogens (tertiary/aromatic N) is 5. The maximum Gasteiger partial charge on any atom is 0.263 e. The maximum atomic E-state index is 6.33. The van der Waals surface area contributed by atoms with Crippen LogP contribution >= 0.6 is 23.2 Å². The van der Waals surface area contributed by atoms with Gasteiger partial charge in [0.2, 0.25) is 0 Å². The van der Waals surface area contributed by atoms with E-state index in [1.165, 1.54) is 0 Å².